The van der Waals surface area contributed by atoms with Crippen LogP contribution in [0, 0.1) is 0 Å². The van der Waals surface area contributed by atoms with E-state index in [0.717, 1.165) is 11.1 Å². The highest BCUT2D eigenvalue weighted by molar-refractivity contribution is 5.94. The number of carbonyl (C=O) groups is 1. The molecule has 0 heterocycles. The highest BCUT2D eigenvalue weighted by Gasteiger charge is 2.16. The first kappa shape index (κ1) is 12.1. The van der Waals surface area contributed by atoms with Crippen molar-refractivity contribution in [2.45, 2.75) is 5.92 Å². The van der Waals surface area contributed by atoms with Gasteiger partial charge in [0, 0.05) is 11.5 Å². The highest BCUT2D eigenvalue weighted by Crippen LogP contribution is 2.28. The quantitative estimate of drug-likeness (QED) is 0.816. The van der Waals surface area contributed by atoms with Crippen molar-refractivity contribution in [3.63, 3.8) is 0 Å². The van der Waals surface area contributed by atoms with Crippen LogP contribution in [0.25, 0.3) is 0 Å². The Balaban J connectivity index is 2.52. The van der Waals surface area contributed by atoms with Crippen LogP contribution in [0.1, 0.15) is 27.4 Å². The van der Waals surface area contributed by atoms with Gasteiger partial charge in [-0.1, -0.05) is 54.6 Å². The predicted octanol–water partition coefficient (Wildman–Crippen LogP) is 3.10. The van der Waals surface area contributed by atoms with E-state index in [-0.39, 0.29) is 5.92 Å². The molecule has 0 saturated heterocycles. The van der Waals surface area contributed by atoms with Crippen LogP contribution in [0.3, 0.4) is 0 Å². The second-order valence-electron chi connectivity index (χ2n) is 4.08. The van der Waals surface area contributed by atoms with Gasteiger partial charge in [0.1, 0.15) is 0 Å². The third-order valence-corrected chi connectivity index (χ3v) is 2.96. The van der Waals surface area contributed by atoms with Crippen LogP contribution >= 0.6 is 0 Å². The molecule has 0 aliphatic heterocycles. The van der Waals surface area contributed by atoms with Crippen LogP contribution < -0.4 is 5.73 Å². The van der Waals surface area contributed by atoms with E-state index in [1.807, 2.05) is 54.6 Å². The van der Waals surface area contributed by atoms with Crippen LogP contribution in [-0.4, -0.2) is 5.91 Å². The standard InChI is InChI=1S/C16H15NO/c1-2-13(12-8-4-3-5-9-12)14-10-6-7-11-15(14)16(17)18/h2-11,13H,1H2,(H2,17,18). The largest absolute Gasteiger partial charge is 0.366 e. The van der Waals surface area contributed by atoms with E-state index in [2.05, 4.69) is 6.58 Å². The molecule has 18 heavy (non-hydrogen) atoms. The van der Waals surface area contributed by atoms with Crippen LogP contribution in [0.5, 0.6) is 0 Å². The summed E-state index contributed by atoms with van der Waals surface area (Å²) in [5, 5.41) is 0. The minimum Gasteiger partial charge on any atom is -0.366 e. The van der Waals surface area contributed by atoms with Crippen molar-refractivity contribution in [3.8, 4) is 0 Å². The lowest BCUT2D eigenvalue weighted by Gasteiger charge is -2.16. The summed E-state index contributed by atoms with van der Waals surface area (Å²) in [7, 11) is 0. The Morgan fingerprint density at radius 3 is 2.28 bits per heavy atom. The third-order valence-electron chi connectivity index (χ3n) is 2.96. The first-order chi connectivity index (χ1) is 8.74. The molecule has 2 aromatic carbocycles. The van der Waals surface area contributed by atoms with Crippen molar-refractivity contribution in [1.82, 2.24) is 0 Å². The maximum atomic E-state index is 11.5. The maximum absolute atomic E-state index is 11.5. The molecule has 1 unspecified atom stereocenters. The number of amides is 1. The molecular formula is C16H15NO. The zero-order chi connectivity index (χ0) is 13.0. The van der Waals surface area contributed by atoms with E-state index in [9.17, 15) is 4.79 Å². The van der Waals surface area contributed by atoms with Crippen molar-refractivity contribution < 1.29 is 4.79 Å². The van der Waals surface area contributed by atoms with Gasteiger partial charge < -0.3 is 5.73 Å². The number of benzene rings is 2. The van der Waals surface area contributed by atoms with Gasteiger partial charge in [-0.25, -0.2) is 0 Å². The lowest BCUT2D eigenvalue weighted by Crippen LogP contribution is -2.15. The van der Waals surface area contributed by atoms with Gasteiger partial charge in [-0.15, -0.1) is 6.58 Å². The molecule has 0 aliphatic carbocycles. The van der Waals surface area contributed by atoms with Crippen LogP contribution in [0.4, 0.5) is 0 Å². The molecule has 0 aliphatic rings. The van der Waals surface area contributed by atoms with Gasteiger partial charge in [0.2, 0.25) is 5.91 Å². The Morgan fingerprint density at radius 1 is 1.06 bits per heavy atom. The van der Waals surface area contributed by atoms with Gasteiger partial charge in [0.25, 0.3) is 0 Å². The molecule has 2 nitrogen and oxygen atoms in total. The summed E-state index contributed by atoms with van der Waals surface area (Å²) in [5.41, 5.74) is 7.95. The molecule has 0 aromatic heterocycles. The van der Waals surface area contributed by atoms with Crippen LogP contribution in [-0.2, 0) is 0 Å². The van der Waals surface area contributed by atoms with Gasteiger partial charge in [0.05, 0.1) is 0 Å². The molecule has 0 spiro atoms. The summed E-state index contributed by atoms with van der Waals surface area (Å²) in [6.07, 6.45) is 1.83. The topological polar surface area (TPSA) is 43.1 Å². The van der Waals surface area contributed by atoms with Gasteiger partial charge in [0.15, 0.2) is 0 Å². The van der Waals surface area contributed by atoms with Gasteiger partial charge >= 0.3 is 0 Å². The fraction of sp³-hybridized carbons (Fsp3) is 0.0625. The molecule has 2 heteroatoms. The molecular weight excluding hydrogens is 222 g/mol. The summed E-state index contributed by atoms with van der Waals surface area (Å²) < 4.78 is 0. The first-order valence-electron chi connectivity index (χ1n) is 5.80. The molecule has 0 bridgehead atoms. The zero-order valence-electron chi connectivity index (χ0n) is 10.0. The molecule has 1 atom stereocenters. The smallest absolute Gasteiger partial charge is 0.249 e. The van der Waals surface area contributed by atoms with E-state index in [1.165, 1.54) is 0 Å². The SMILES string of the molecule is C=CC(c1ccccc1)c1ccccc1C(N)=O. The minimum atomic E-state index is -0.409. The number of hydrogen-bond donors (Lipinski definition) is 1. The summed E-state index contributed by atoms with van der Waals surface area (Å²) in [5.74, 6) is -0.428. The Labute approximate surface area is 107 Å². The number of rotatable bonds is 4. The monoisotopic (exact) mass is 237 g/mol. The molecule has 90 valence electrons. The average Bonchev–Trinajstić information content (AvgIpc) is 2.41. The Kier molecular flexibility index (Phi) is 3.58. The molecule has 0 saturated carbocycles. The lowest BCUT2D eigenvalue weighted by atomic mass is 9.88. The highest BCUT2D eigenvalue weighted by atomic mass is 16.1. The van der Waals surface area contributed by atoms with Crippen molar-refractivity contribution in [1.29, 1.82) is 0 Å². The predicted molar refractivity (Wildman–Crippen MR) is 73.4 cm³/mol. The molecule has 1 amide bonds. The molecule has 2 aromatic rings. The van der Waals surface area contributed by atoms with Crippen molar-refractivity contribution in [2.24, 2.45) is 5.73 Å². The lowest BCUT2D eigenvalue weighted by molar-refractivity contribution is 0.0999. The van der Waals surface area contributed by atoms with E-state index in [0.29, 0.717) is 5.56 Å². The Hall–Kier alpha value is -2.35. The Bertz CT molecular complexity index is 560. The molecule has 0 radical (unpaired) electrons. The van der Waals surface area contributed by atoms with Crippen LogP contribution in [0.2, 0.25) is 0 Å². The number of hydrogen-bond acceptors (Lipinski definition) is 1. The zero-order valence-corrected chi connectivity index (χ0v) is 10.0. The Morgan fingerprint density at radius 2 is 1.67 bits per heavy atom. The van der Waals surface area contributed by atoms with Gasteiger partial charge in [-0.05, 0) is 17.2 Å². The van der Waals surface area contributed by atoms with E-state index in [4.69, 9.17) is 5.73 Å². The maximum Gasteiger partial charge on any atom is 0.249 e. The second-order valence-corrected chi connectivity index (χ2v) is 4.08. The van der Waals surface area contributed by atoms with E-state index in [1.54, 1.807) is 6.07 Å². The summed E-state index contributed by atoms with van der Waals surface area (Å²) in [6.45, 7) is 3.86. The second kappa shape index (κ2) is 5.32. The number of nitrogens with two attached hydrogens (primary N) is 1. The van der Waals surface area contributed by atoms with Gasteiger partial charge in [-0.2, -0.15) is 0 Å². The molecule has 0 fully saturated rings. The first-order valence-corrected chi connectivity index (χ1v) is 5.80. The van der Waals surface area contributed by atoms with E-state index < -0.39 is 5.91 Å². The number of allylic oxidation sites excluding steroid dienone is 1. The normalized spacial score (nSPS) is 11.8. The summed E-state index contributed by atoms with van der Waals surface area (Å²) in [4.78, 5) is 11.5. The fourth-order valence-electron chi connectivity index (χ4n) is 2.10. The van der Waals surface area contributed by atoms with Gasteiger partial charge in [-0.3, -0.25) is 4.79 Å². The number of carbonyl (C=O) groups excluding carboxylic acids is 1. The van der Waals surface area contributed by atoms with Crippen molar-refractivity contribution in [3.05, 3.63) is 83.9 Å². The summed E-state index contributed by atoms with van der Waals surface area (Å²) in [6, 6.07) is 17.3. The van der Waals surface area contributed by atoms with Crippen molar-refractivity contribution in [2.75, 3.05) is 0 Å². The fourth-order valence-corrected chi connectivity index (χ4v) is 2.10. The number of primary amides is 1. The average molecular weight is 237 g/mol. The molecule has 2 rings (SSSR count). The minimum absolute atomic E-state index is 0.0186. The van der Waals surface area contributed by atoms with E-state index >= 15 is 0 Å². The molecule has 2 N–H and O–H groups in total. The third kappa shape index (κ3) is 2.33. The van der Waals surface area contributed by atoms with Crippen LogP contribution in [0.15, 0.2) is 67.3 Å². The van der Waals surface area contributed by atoms with Crippen molar-refractivity contribution >= 4 is 5.91 Å². The summed E-state index contributed by atoms with van der Waals surface area (Å²) >= 11 is 0.